The topological polar surface area (TPSA) is 45.5 Å². The summed E-state index contributed by atoms with van der Waals surface area (Å²) in [5.74, 6) is -1.69. The van der Waals surface area contributed by atoms with Crippen molar-refractivity contribution >= 4 is 22.9 Å². The van der Waals surface area contributed by atoms with E-state index in [1.807, 2.05) is 0 Å². The van der Waals surface area contributed by atoms with Gasteiger partial charge in [0.2, 0.25) is 0 Å². The number of hydrogen-bond acceptors (Lipinski definition) is 4. The molecule has 3 aromatic rings. The number of rotatable bonds is 2. The van der Waals surface area contributed by atoms with Crippen molar-refractivity contribution in [2.45, 2.75) is 19.4 Å². The predicted molar refractivity (Wildman–Crippen MR) is 87.1 cm³/mol. The molecule has 5 nitrogen and oxygen atoms in total. The average Bonchev–Trinajstić information content (AvgIpc) is 3.11. The Morgan fingerprint density at radius 2 is 2.12 bits per heavy atom. The molecule has 24 heavy (non-hydrogen) atoms. The van der Waals surface area contributed by atoms with E-state index in [9.17, 15) is 8.78 Å². The van der Waals surface area contributed by atoms with Gasteiger partial charge in [-0.2, -0.15) is 5.10 Å². The maximum Gasteiger partial charge on any atom is 0.153 e. The molecular formula is C16H14ClF2N5. The second kappa shape index (κ2) is 5.39. The van der Waals surface area contributed by atoms with E-state index in [-0.39, 0.29) is 10.7 Å². The molecule has 124 valence electrons. The van der Waals surface area contributed by atoms with E-state index in [0.29, 0.717) is 29.1 Å². The van der Waals surface area contributed by atoms with Crippen molar-refractivity contribution in [2.75, 3.05) is 12.1 Å². The third-order valence-corrected chi connectivity index (χ3v) is 4.62. The quantitative estimate of drug-likeness (QED) is 0.771. The Balaban J connectivity index is 1.88. The first-order valence-electron chi connectivity index (χ1n) is 7.45. The summed E-state index contributed by atoms with van der Waals surface area (Å²) < 4.78 is 31.1. The Morgan fingerprint density at radius 1 is 1.33 bits per heavy atom. The summed E-state index contributed by atoms with van der Waals surface area (Å²) in [7, 11) is 1.73. The lowest BCUT2D eigenvalue weighted by molar-refractivity contribution is 0.536. The highest BCUT2D eigenvalue weighted by Crippen LogP contribution is 2.36. The van der Waals surface area contributed by atoms with Gasteiger partial charge in [-0.3, -0.25) is 0 Å². The fraction of sp³-hybridized carbons (Fsp3) is 0.250. The summed E-state index contributed by atoms with van der Waals surface area (Å²) in [5, 5.41) is 6.08. The summed E-state index contributed by atoms with van der Waals surface area (Å²) in [4.78, 5) is 4.23. The normalized spacial score (nSPS) is 15.1. The minimum absolute atomic E-state index is 0.00873. The first kappa shape index (κ1) is 15.3. The summed E-state index contributed by atoms with van der Waals surface area (Å²) in [5.41, 5.74) is 5.10. The van der Waals surface area contributed by atoms with E-state index in [1.54, 1.807) is 37.3 Å². The van der Waals surface area contributed by atoms with E-state index in [0.717, 1.165) is 0 Å². The number of aromatic nitrogens is 3. The molecule has 1 aliphatic heterocycles. The van der Waals surface area contributed by atoms with Gasteiger partial charge < -0.3 is 5.01 Å². The van der Waals surface area contributed by atoms with Crippen LogP contribution in [0.3, 0.4) is 0 Å². The van der Waals surface area contributed by atoms with Gasteiger partial charge in [-0.15, -0.1) is 0 Å². The van der Waals surface area contributed by atoms with Crippen molar-refractivity contribution in [3.63, 3.8) is 0 Å². The fourth-order valence-corrected chi connectivity index (χ4v) is 3.26. The van der Waals surface area contributed by atoms with Crippen molar-refractivity contribution in [1.29, 1.82) is 0 Å². The van der Waals surface area contributed by atoms with Crippen LogP contribution in [-0.4, -0.2) is 21.6 Å². The monoisotopic (exact) mass is 349 g/mol. The molecule has 3 heterocycles. The van der Waals surface area contributed by atoms with Crippen LogP contribution in [0.2, 0.25) is 5.15 Å². The van der Waals surface area contributed by atoms with Crippen molar-refractivity contribution < 1.29 is 8.78 Å². The van der Waals surface area contributed by atoms with Gasteiger partial charge in [-0.25, -0.2) is 23.7 Å². The standard InChI is InChI=1S/C16H14ClF2N5/c1-8(12-7-20-14-4-3-13(17)22-24(12)14)15-10(18)5-11-9(16(15)19)6-21-23(11)2/h3-5,7-8,21H,6H2,1-2H3. The predicted octanol–water partition coefficient (Wildman–Crippen LogP) is 3.27. The average molecular weight is 350 g/mol. The molecule has 1 aromatic carbocycles. The molecule has 0 fully saturated rings. The van der Waals surface area contributed by atoms with Crippen LogP contribution in [0.4, 0.5) is 14.5 Å². The fourth-order valence-electron chi connectivity index (χ4n) is 3.12. The van der Waals surface area contributed by atoms with Gasteiger partial charge in [0.15, 0.2) is 5.65 Å². The molecule has 1 unspecified atom stereocenters. The molecule has 0 aliphatic carbocycles. The first-order valence-corrected chi connectivity index (χ1v) is 7.83. The van der Waals surface area contributed by atoms with Gasteiger partial charge in [0.05, 0.1) is 17.6 Å². The number of nitrogens with zero attached hydrogens (tertiary/aromatic N) is 4. The Morgan fingerprint density at radius 3 is 2.92 bits per heavy atom. The van der Waals surface area contributed by atoms with Gasteiger partial charge in [0.25, 0.3) is 0 Å². The molecule has 0 saturated carbocycles. The molecule has 8 heteroatoms. The summed E-state index contributed by atoms with van der Waals surface area (Å²) in [6.45, 7) is 2.06. The number of hydrazine groups is 1. The molecule has 0 saturated heterocycles. The Kier molecular flexibility index (Phi) is 3.43. The zero-order valence-corrected chi connectivity index (χ0v) is 13.8. The molecule has 4 rings (SSSR count). The number of hydrogen-bond donors (Lipinski definition) is 1. The second-order valence-electron chi connectivity index (χ2n) is 5.81. The van der Waals surface area contributed by atoms with E-state index in [2.05, 4.69) is 15.5 Å². The highest BCUT2D eigenvalue weighted by Gasteiger charge is 2.29. The Labute approximate surface area is 141 Å². The lowest BCUT2D eigenvalue weighted by Gasteiger charge is -2.17. The van der Waals surface area contributed by atoms with Crippen LogP contribution in [-0.2, 0) is 6.54 Å². The van der Waals surface area contributed by atoms with Gasteiger partial charge in [-0.05, 0) is 18.2 Å². The molecular weight excluding hydrogens is 336 g/mol. The molecule has 0 spiro atoms. The van der Waals surface area contributed by atoms with Gasteiger partial charge in [0.1, 0.15) is 16.8 Å². The number of fused-ring (bicyclic) bond motifs is 2. The maximum absolute atomic E-state index is 14.9. The lowest BCUT2D eigenvalue weighted by Crippen LogP contribution is -2.26. The summed E-state index contributed by atoms with van der Waals surface area (Å²) in [6.07, 6.45) is 1.57. The molecule has 1 N–H and O–H groups in total. The van der Waals surface area contributed by atoms with Crippen LogP contribution in [0.1, 0.15) is 29.7 Å². The number of nitrogens with one attached hydrogen (secondary N) is 1. The van der Waals surface area contributed by atoms with E-state index in [4.69, 9.17) is 11.6 Å². The van der Waals surface area contributed by atoms with E-state index >= 15 is 0 Å². The summed E-state index contributed by atoms with van der Waals surface area (Å²) >= 11 is 5.93. The third-order valence-electron chi connectivity index (χ3n) is 4.42. The molecule has 1 atom stereocenters. The second-order valence-corrected chi connectivity index (χ2v) is 6.20. The van der Waals surface area contributed by atoms with Crippen molar-refractivity contribution in [3.05, 3.63) is 58.0 Å². The molecule has 2 aromatic heterocycles. The highest BCUT2D eigenvalue weighted by molar-refractivity contribution is 6.29. The molecule has 1 aliphatic rings. The van der Waals surface area contributed by atoms with Crippen LogP contribution in [0.15, 0.2) is 24.4 Å². The van der Waals surface area contributed by atoms with Crippen molar-refractivity contribution in [2.24, 2.45) is 0 Å². The highest BCUT2D eigenvalue weighted by atomic mass is 35.5. The minimum atomic E-state index is -0.591. The maximum atomic E-state index is 14.9. The Hall–Kier alpha value is -2.25. The zero-order chi connectivity index (χ0) is 17.0. The van der Waals surface area contributed by atoms with E-state index in [1.165, 1.54) is 10.6 Å². The molecule has 0 bridgehead atoms. The largest absolute Gasteiger partial charge is 0.311 e. The number of imidazole rings is 1. The van der Waals surface area contributed by atoms with Crippen LogP contribution >= 0.6 is 11.6 Å². The smallest absolute Gasteiger partial charge is 0.153 e. The summed E-state index contributed by atoms with van der Waals surface area (Å²) in [6, 6.07) is 4.68. The van der Waals surface area contributed by atoms with E-state index < -0.39 is 17.6 Å². The first-order chi connectivity index (χ1) is 11.5. The van der Waals surface area contributed by atoms with Crippen LogP contribution < -0.4 is 10.4 Å². The minimum Gasteiger partial charge on any atom is -0.311 e. The number of benzene rings is 1. The van der Waals surface area contributed by atoms with Gasteiger partial charge >= 0.3 is 0 Å². The van der Waals surface area contributed by atoms with Crippen LogP contribution in [0, 0.1) is 11.6 Å². The van der Waals surface area contributed by atoms with Crippen LogP contribution in [0.25, 0.3) is 5.65 Å². The van der Waals surface area contributed by atoms with Crippen LogP contribution in [0.5, 0.6) is 0 Å². The third kappa shape index (κ3) is 2.16. The van der Waals surface area contributed by atoms with Crippen molar-refractivity contribution in [1.82, 2.24) is 20.0 Å². The lowest BCUT2D eigenvalue weighted by atomic mass is 9.94. The number of halogens is 3. The Bertz CT molecular complexity index is 955. The zero-order valence-electron chi connectivity index (χ0n) is 13.0. The van der Waals surface area contributed by atoms with Crippen molar-refractivity contribution in [3.8, 4) is 0 Å². The van der Waals surface area contributed by atoms with Gasteiger partial charge in [0, 0.05) is 30.6 Å². The number of anilines is 1. The molecule has 0 amide bonds. The molecule has 0 radical (unpaired) electrons. The van der Waals surface area contributed by atoms with Gasteiger partial charge in [-0.1, -0.05) is 18.5 Å². The SMILES string of the molecule is CC(c1c(F)cc2c(c1F)CNN2C)c1cnc2ccc(Cl)nn12.